The van der Waals surface area contributed by atoms with Crippen LogP contribution in [0.2, 0.25) is 0 Å². The summed E-state index contributed by atoms with van der Waals surface area (Å²) in [5, 5.41) is 3.60. The summed E-state index contributed by atoms with van der Waals surface area (Å²) in [6.45, 7) is -0.0185. The summed E-state index contributed by atoms with van der Waals surface area (Å²) in [5.74, 6) is -0.166. The van der Waals surface area contributed by atoms with Crippen molar-refractivity contribution in [2.45, 2.75) is 31.8 Å². The molecule has 5 heteroatoms. The molecule has 2 aromatic carbocycles. The molecule has 0 unspecified atom stereocenters. The van der Waals surface area contributed by atoms with E-state index in [1.165, 1.54) is 22.0 Å². The van der Waals surface area contributed by atoms with E-state index in [-0.39, 0.29) is 24.1 Å². The molecule has 0 saturated heterocycles. The fraction of sp³-hybridized carbons (Fsp3) is 0.250. The topological polar surface area (TPSA) is 64.0 Å². The molecule has 0 bridgehead atoms. The molecular formula is C20H19N3O2. The molecule has 126 valence electrons. The summed E-state index contributed by atoms with van der Waals surface area (Å²) in [6.07, 6.45) is 4.47. The minimum absolute atomic E-state index is 0.0153. The van der Waals surface area contributed by atoms with Gasteiger partial charge >= 0.3 is 0 Å². The molecule has 1 aromatic heterocycles. The van der Waals surface area contributed by atoms with Gasteiger partial charge in [0, 0.05) is 0 Å². The predicted molar refractivity (Wildman–Crippen MR) is 96.3 cm³/mol. The van der Waals surface area contributed by atoms with Crippen molar-refractivity contribution in [3.05, 3.63) is 76.3 Å². The maximum atomic E-state index is 12.5. The molecule has 1 aliphatic carbocycles. The fourth-order valence-corrected chi connectivity index (χ4v) is 3.52. The highest BCUT2D eigenvalue weighted by Gasteiger charge is 2.21. The van der Waals surface area contributed by atoms with Crippen LogP contribution in [0.15, 0.2) is 59.7 Å². The monoisotopic (exact) mass is 333 g/mol. The largest absolute Gasteiger partial charge is 0.348 e. The normalized spacial score (nSPS) is 16.4. The molecule has 0 radical (unpaired) electrons. The van der Waals surface area contributed by atoms with E-state index in [2.05, 4.69) is 22.4 Å². The van der Waals surface area contributed by atoms with Crippen LogP contribution in [0.5, 0.6) is 0 Å². The molecule has 0 aliphatic heterocycles. The number of aromatic nitrogens is 2. The van der Waals surface area contributed by atoms with Crippen LogP contribution < -0.4 is 10.9 Å². The van der Waals surface area contributed by atoms with Gasteiger partial charge in [-0.3, -0.25) is 14.2 Å². The highest BCUT2D eigenvalue weighted by Crippen LogP contribution is 2.29. The van der Waals surface area contributed by atoms with E-state index >= 15 is 0 Å². The highest BCUT2D eigenvalue weighted by molar-refractivity contribution is 5.79. The number of nitrogens with one attached hydrogen (secondary N) is 1. The fourth-order valence-electron chi connectivity index (χ4n) is 3.52. The molecule has 0 spiro atoms. The molecule has 25 heavy (non-hydrogen) atoms. The van der Waals surface area contributed by atoms with Crippen molar-refractivity contribution in [1.29, 1.82) is 0 Å². The maximum Gasteiger partial charge on any atom is 0.261 e. The minimum atomic E-state index is -0.190. The first-order chi connectivity index (χ1) is 12.2. The van der Waals surface area contributed by atoms with Gasteiger partial charge in [0.05, 0.1) is 23.3 Å². The number of nitrogens with zero attached hydrogens (tertiary/aromatic N) is 2. The van der Waals surface area contributed by atoms with E-state index in [1.54, 1.807) is 18.2 Å². The second-order valence-electron chi connectivity index (χ2n) is 6.41. The van der Waals surface area contributed by atoms with Gasteiger partial charge in [0.1, 0.15) is 6.54 Å². The molecule has 1 N–H and O–H groups in total. The number of benzene rings is 2. The molecule has 0 saturated carbocycles. The molecule has 5 nitrogen and oxygen atoms in total. The smallest absolute Gasteiger partial charge is 0.261 e. The number of hydrogen-bond acceptors (Lipinski definition) is 3. The Kier molecular flexibility index (Phi) is 4.06. The molecular weight excluding hydrogens is 314 g/mol. The summed E-state index contributed by atoms with van der Waals surface area (Å²) in [7, 11) is 0. The Morgan fingerprint density at radius 1 is 1.16 bits per heavy atom. The first-order valence-electron chi connectivity index (χ1n) is 8.54. The second kappa shape index (κ2) is 6.51. The highest BCUT2D eigenvalue weighted by atomic mass is 16.2. The standard InChI is InChI=1S/C20H19N3O2/c24-19(22-18-11-5-7-14-6-1-2-8-15(14)18)12-23-13-21-17-10-4-3-9-16(17)20(23)25/h1-4,6,8-10,13,18H,5,7,11-12H2,(H,22,24)/t18-/m0/s1. The molecule has 4 rings (SSSR count). The van der Waals surface area contributed by atoms with Gasteiger partial charge in [0.15, 0.2) is 0 Å². The SMILES string of the molecule is O=C(Cn1cnc2ccccc2c1=O)N[C@H]1CCCc2ccccc21. The third-order valence-electron chi connectivity index (χ3n) is 4.75. The third kappa shape index (κ3) is 3.05. The molecule has 1 atom stereocenters. The van der Waals surface area contributed by atoms with E-state index < -0.39 is 0 Å². The lowest BCUT2D eigenvalue weighted by Gasteiger charge is -2.26. The van der Waals surface area contributed by atoms with Crippen LogP contribution in [0.1, 0.15) is 30.0 Å². The van der Waals surface area contributed by atoms with Crippen LogP contribution in [0.25, 0.3) is 10.9 Å². The van der Waals surface area contributed by atoms with E-state index in [4.69, 9.17) is 0 Å². The number of aryl methyl sites for hydroxylation is 1. The van der Waals surface area contributed by atoms with Crippen molar-refractivity contribution in [3.63, 3.8) is 0 Å². The molecule has 1 aliphatic rings. The lowest BCUT2D eigenvalue weighted by Crippen LogP contribution is -2.36. The molecule has 0 fully saturated rings. The summed E-state index contributed by atoms with van der Waals surface area (Å²) < 4.78 is 1.37. The Morgan fingerprint density at radius 3 is 2.88 bits per heavy atom. The predicted octanol–water partition coefficient (Wildman–Crippen LogP) is 2.59. The van der Waals surface area contributed by atoms with Crippen molar-refractivity contribution < 1.29 is 4.79 Å². The van der Waals surface area contributed by atoms with Crippen LogP contribution in [0.4, 0.5) is 0 Å². The lowest BCUT2D eigenvalue weighted by molar-refractivity contribution is -0.122. The van der Waals surface area contributed by atoms with Crippen molar-refractivity contribution >= 4 is 16.8 Å². The lowest BCUT2D eigenvalue weighted by atomic mass is 9.88. The number of carbonyl (C=O) groups is 1. The van der Waals surface area contributed by atoms with Gasteiger partial charge in [-0.05, 0) is 42.5 Å². The summed E-state index contributed by atoms with van der Waals surface area (Å²) >= 11 is 0. The molecule has 1 heterocycles. The van der Waals surface area contributed by atoms with Crippen molar-refractivity contribution in [2.24, 2.45) is 0 Å². The number of fused-ring (bicyclic) bond motifs is 2. The number of carbonyl (C=O) groups excluding carboxylic acids is 1. The average Bonchev–Trinajstić information content (AvgIpc) is 2.65. The molecule has 3 aromatic rings. The van der Waals surface area contributed by atoms with Crippen molar-refractivity contribution in [2.75, 3.05) is 0 Å². The maximum absolute atomic E-state index is 12.5. The van der Waals surface area contributed by atoms with E-state index in [1.807, 2.05) is 18.2 Å². The van der Waals surface area contributed by atoms with E-state index in [9.17, 15) is 9.59 Å². The van der Waals surface area contributed by atoms with Gasteiger partial charge in [-0.15, -0.1) is 0 Å². The van der Waals surface area contributed by atoms with Crippen LogP contribution in [-0.4, -0.2) is 15.5 Å². The van der Waals surface area contributed by atoms with Crippen LogP contribution in [-0.2, 0) is 17.8 Å². The number of para-hydroxylation sites is 1. The van der Waals surface area contributed by atoms with Crippen molar-refractivity contribution in [3.8, 4) is 0 Å². The Labute approximate surface area is 145 Å². The Bertz CT molecular complexity index is 993. The van der Waals surface area contributed by atoms with E-state index in [0.29, 0.717) is 10.9 Å². The van der Waals surface area contributed by atoms with Gasteiger partial charge in [-0.25, -0.2) is 4.98 Å². The van der Waals surface area contributed by atoms with Gasteiger partial charge in [-0.1, -0.05) is 36.4 Å². The van der Waals surface area contributed by atoms with Gasteiger partial charge in [0.25, 0.3) is 5.56 Å². The van der Waals surface area contributed by atoms with Crippen molar-refractivity contribution in [1.82, 2.24) is 14.9 Å². The van der Waals surface area contributed by atoms with Crippen LogP contribution in [0.3, 0.4) is 0 Å². The third-order valence-corrected chi connectivity index (χ3v) is 4.75. The van der Waals surface area contributed by atoms with Gasteiger partial charge in [-0.2, -0.15) is 0 Å². The Hall–Kier alpha value is -2.95. The first kappa shape index (κ1) is 15.6. The van der Waals surface area contributed by atoms with Gasteiger partial charge in [0.2, 0.25) is 5.91 Å². The molecule has 1 amide bonds. The Morgan fingerprint density at radius 2 is 1.96 bits per heavy atom. The Balaban J connectivity index is 1.54. The zero-order chi connectivity index (χ0) is 17.2. The summed E-state index contributed by atoms with van der Waals surface area (Å²) in [5.41, 5.74) is 2.94. The zero-order valence-electron chi connectivity index (χ0n) is 13.8. The van der Waals surface area contributed by atoms with Crippen LogP contribution in [0, 0.1) is 0 Å². The number of rotatable bonds is 3. The summed E-state index contributed by atoms with van der Waals surface area (Å²) in [6, 6.07) is 15.4. The van der Waals surface area contributed by atoms with Gasteiger partial charge < -0.3 is 5.32 Å². The first-order valence-corrected chi connectivity index (χ1v) is 8.54. The number of amides is 1. The quantitative estimate of drug-likeness (QED) is 0.801. The minimum Gasteiger partial charge on any atom is -0.348 e. The van der Waals surface area contributed by atoms with Crippen LogP contribution >= 0.6 is 0 Å². The zero-order valence-corrected chi connectivity index (χ0v) is 13.8. The van der Waals surface area contributed by atoms with E-state index in [0.717, 1.165) is 19.3 Å². The second-order valence-corrected chi connectivity index (χ2v) is 6.41. The summed E-state index contributed by atoms with van der Waals surface area (Å²) in [4.78, 5) is 29.2. The number of hydrogen-bond donors (Lipinski definition) is 1. The average molecular weight is 333 g/mol.